The fraction of sp³-hybridized carbons (Fsp3) is 0.636. The van der Waals surface area contributed by atoms with Gasteiger partial charge < -0.3 is 10.1 Å². The highest BCUT2D eigenvalue weighted by molar-refractivity contribution is 9.10. The molecule has 0 saturated heterocycles. The van der Waals surface area contributed by atoms with E-state index in [4.69, 9.17) is 4.74 Å². The van der Waals surface area contributed by atoms with Crippen LogP contribution in [0.3, 0.4) is 0 Å². The van der Waals surface area contributed by atoms with Gasteiger partial charge in [0, 0.05) is 7.05 Å². The van der Waals surface area contributed by atoms with Crippen LogP contribution in [0.25, 0.3) is 0 Å². The van der Waals surface area contributed by atoms with Crippen LogP contribution in [0, 0.1) is 5.92 Å². The van der Waals surface area contributed by atoms with Crippen molar-refractivity contribution in [3.63, 3.8) is 0 Å². The summed E-state index contributed by atoms with van der Waals surface area (Å²) < 4.78 is 6.38. The Bertz CT molecular complexity index is 331. The molecule has 0 radical (unpaired) electrons. The predicted molar refractivity (Wildman–Crippen MR) is 68.8 cm³/mol. The number of halogens is 1. The lowest BCUT2D eigenvalue weighted by Crippen LogP contribution is -2.04. The summed E-state index contributed by atoms with van der Waals surface area (Å²) in [6.07, 6.45) is 3.90. The average Bonchev–Trinajstić information content (AvgIpc) is 2.26. The molecule has 0 aromatic carbocycles. The molecule has 0 saturated carbocycles. The van der Waals surface area contributed by atoms with E-state index >= 15 is 0 Å². The van der Waals surface area contributed by atoms with E-state index in [2.05, 4.69) is 45.1 Å². The zero-order valence-electron chi connectivity index (χ0n) is 9.96. The second kappa shape index (κ2) is 6.68. The van der Waals surface area contributed by atoms with Crippen molar-refractivity contribution in [3.05, 3.63) is 10.7 Å². The summed E-state index contributed by atoms with van der Waals surface area (Å²) in [5.41, 5.74) is 0. The van der Waals surface area contributed by atoms with Crippen LogP contribution in [0.2, 0.25) is 0 Å². The maximum Gasteiger partial charge on any atom is 0.232 e. The summed E-state index contributed by atoms with van der Waals surface area (Å²) in [6, 6.07) is 0. The zero-order chi connectivity index (χ0) is 12.0. The van der Waals surface area contributed by atoms with Crippen LogP contribution in [0.1, 0.15) is 26.7 Å². The van der Waals surface area contributed by atoms with Gasteiger partial charge in [-0.3, -0.25) is 0 Å². The SMILES string of the molecule is CNc1ncc(Br)c(OCCCC(C)C)n1. The summed E-state index contributed by atoms with van der Waals surface area (Å²) in [7, 11) is 1.78. The molecular formula is C11H18BrN3O. The molecule has 0 amide bonds. The highest BCUT2D eigenvalue weighted by Gasteiger charge is 2.05. The molecule has 1 aromatic heterocycles. The molecule has 1 aromatic rings. The topological polar surface area (TPSA) is 47.0 Å². The first-order valence-corrected chi connectivity index (χ1v) is 6.26. The third-order valence-corrected chi connectivity index (χ3v) is 2.64. The fourth-order valence-electron chi connectivity index (χ4n) is 1.23. The lowest BCUT2D eigenvalue weighted by atomic mass is 10.1. The van der Waals surface area contributed by atoms with Crippen molar-refractivity contribution in [3.8, 4) is 5.88 Å². The molecule has 16 heavy (non-hydrogen) atoms. The number of ether oxygens (including phenoxy) is 1. The highest BCUT2D eigenvalue weighted by Crippen LogP contribution is 2.22. The van der Waals surface area contributed by atoms with Gasteiger partial charge in [0.25, 0.3) is 0 Å². The number of nitrogens with one attached hydrogen (secondary N) is 1. The molecule has 0 unspecified atom stereocenters. The van der Waals surface area contributed by atoms with Gasteiger partial charge in [0.2, 0.25) is 11.8 Å². The molecule has 0 aliphatic heterocycles. The van der Waals surface area contributed by atoms with Crippen molar-refractivity contribution in [1.29, 1.82) is 0 Å². The molecule has 0 fully saturated rings. The number of nitrogens with zero attached hydrogens (tertiary/aromatic N) is 2. The largest absolute Gasteiger partial charge is 0.477 e. The Balaban J connectivity index is 2.46. The number of hydrogen-bond donors (Lipinski definition) is 1. The van der Waals surface area contributed by atoms with Gasteiger partial charge in [-0.2, -0.15) is 4.98 Å². The lowest BCUT2D eigenvalue weighted by molar-refractivity contribution is 0.285. The predicted octanol–water partition coefficient (Wildman–Crippen LogP) is 3.10. The van der Waals surface area contributed by atoms with Gasteiger partial charge in [-0.15, -0.1) is 0 Å². The molecule has 0 aliphatic rings. The molecule has 90 valence electrons. The van der Waals surface area contributed by atoms with Gasteiger partial charge in [-0.25, -0.2) is 4.98 Å². The summed E-state index contributed by atoms with van der Waals surface area (Å²) in [6.45, 7) is 5.11. The third-order valence-electron chi connectivity index (χ3n) is 2.10. The second-order valence-corrected chi connectivity index (χ2v) is 4.84. The van der Waals surface area contributed by atoms with E-state index in [0.29, 0.717) is 24.4 Å². The summed E-state index contributed by atoms with van der Waals surface area (Å²) in [5.74, 6) is 1.88. The highest BCUT2D eigenvalue weighted by atomic mass is 79.9. The quantitative estimate of drug-likeness (QED) is 0.817. The van der Waals surface area contributed by atoms with Crippen molar-refractivity contribution in [1.82, 2.24) is 9.97 Å². The Morgan fingerprint density at radius 2 is 2.25 bits per heavy atom. The molecule has 1 rings (SSSR count). The summed E-state index contributed by atoms with van der Waals surface area (Å²) in [4.78, 5) is 8.28. The van der Waals surface area contributed by atoms with Gasteiger partial charge in [-0.1, -0.05) is 13.8 Å². The van der Waals surface area contributed by atoms with E-state index in [-0.39, 0.29) is 0 Å². The molecular weight excluding hydrogens is 270 g/mol. The van der Waals surface area contributed by atoms with Crippen molar-refractivity contribution in [2.75, 3.05) is 19.0 Å². The maximum absolute atomic E-state index is 5.59. The molecule has 1 heterocycles. The molecule has 0 bridgehead atoms. The Morgan fingerprint density at radius 3 is 2.88 bits per heavy atom. The van der Waals surface area contributed by atoms with E-state index in [9.17, 15) is 0 Å². The minimum atomic E-state index is 0.571. The van der Waals surface area contributed by atoms with E-state index in [0.717, 1.165) is 10.9 Å². The molecule has 0 aliphatic carbocycles. The maximum atomic E-state index is 5.59. The first-order chi connectivity index (χ1) is 7.63. The van der Waals surface area contributed by atoms with Crippen molar-refractivity contribution >= 4 is 21.9 Å². The number of rotatable bonds is 6. The minimum absolute atomic E-state index is 0.571. The van der Waals surface area contributed by atoms with Crippen LogP contribution in [0.5, 0.6) is 5.88 Å². The number of anilines is 1. The van der Waals surface area contributed by atoms with Crippen LogP contribution in [0.15, 0.2) is 10.7 Å². The van der Waals surface area contributed by atoms with Gasteiger partial charge in [0.1, 0.15) is 0 Å². The first-order valence-electron chi connectivity index (χ1n) is 5.46. The average molecular weight is 288 g/mol. The molecule has 5 heteroatoms. The monoisotopic (exact) mass is 287 g/mol. The third kappa shape index (κ3) is 4.35. The standard InChI is InChI=1S/C11H18BrN3O/c1-8(2)5-4-6-16-10-9(12)7-14-11(13-3)15-10/h7-8H,4-6H2,1-3H3,(H,13,14,15). The summed E-state index contributed by atoms with van der Waals surface area (Å²) in [5, 5.41) is 2.88. The Kier molecular flexibility index (Phi) is 5.52. The zero-order valence-corrected chi connectivity index (χ0v) is 11.5. The second-order valence-electron chi connectivity index (χ2n) is 3.98. The summed E-state index contributed by atoms with van der Waals surface area (Å²) >= 11 is 3.36. The fourth-order valence-corrected chi connectivity index (χ4v) is 1.54. The van der Waals surface area contributed by atoms with Gasteiger partial charge in [0.05, 0.1) is 17.3 Å². The van der Waals surface area contributed by atoms with E-state index < -0.39 is 0 Å². The van der Waals surface area contributed by atoms with Crippen LogP contribution >= 0.6 is 15.9 Å². The smallest absolute Gasteiger partial charge is 0.232 e. The Labute approximate surface area is 105 Å². The van der Waals surface area contributed by atoms with Crippen molar-refractivity contribution in [2.24, 2.45) is 5.92 Å². The lowest BCUT2D eigenvalue weighted by Gasteiger charge is -2.09. The van der Waals surface area contributed by atoms with Crippen LogP contribution in [0.4, 0.5) is 5.95 Å². The van der Waals surface area contributed by atoms with Gasteiger partial charge in [0.15, 0.2) is 0 Å². The Hall–Kier alpha value is -0.840. The van der Waals surface area contributed by atoms with E-state index in [1.54, 1.807) is 13.2 Å². The Morgan fingerprint density at radius 1 is 1.50 bits per heavy atom. The molecule has 0 spiro atoms. The van der Waals surface area contributed by atoms with Crippen molar-refractivity contribution in [2.45, 2.75) is 26.7 Å². The van der Waals surface area contributed by atoms with Crippen molar-refractivity contribution < 1.29 is 4.74 Å². The van der Waals surface area contributed by atoms with Crippen LogP contribution in [-0.2, 0) is 0 Å². The number of aromatic nitrogens is 2. The minimum Gasteiger partial charge on any atom is -0.477 e. The molecule has 0 atom stereocenters. The molecule has 4 nitrogen and oxygen atoms in total. The van der Waals surface area contributed by atoms with E-state index in [1.165, 1.54) is 6.42 Å². The van der Waals surface area contributed by atoms with E-state index in [1.807, 2.05) is 0 Å². The normalized spacial score (nSPS) is 10.6. The first kappa shape index (κ1) is 13.2. The van der Waals surface area contributed by atoms with Gasteiger partial charge in [-0.05, 0) is 34.7 Å². The number of hydrogen-bond acceptors (Lipinski definition) is 4. The molecule has 1 N–H and O–H groups in total. The van der Waals surface area contributed by atoms with Crippen LogP contribution < -0.4 is 10.1 Å². The van der Waals surface area contributed by atoms with Crippen LogP contribution in [-0.4, -0.2) is 23.6 Å². The van der Waals surface area contributed by atoms with Gasteiger partial charge >= 0.3 is 0 Å².